The first-order valence-electron chi connectivity index (χ1n) is 7.27. The van der Waals surface area contributed by atoms with Crippen LogP contribution in [0, 0.1) is 0 Å². The highest BCUT2D eigenvalue weighted by Gasteiger charge is 2.24. The number of likely N-dealkylation sites (N-methyl/N-ethyl adjacent to an activating group) is 1. The van der Waals surface area contributed by atoms with Crippen LogP contribution in [0.3, 0.4) is 0 Å². The Morgan fingerprint density at radius 2 is 2.10 bits per heavy atom. The summed E-state index contributed by atoms with van der Waals surface area (Å²) in [5.41, 5.74) is 4.95. The second-order valence-corrected chi connectivity index (χ2v) is 6.69. The van der Waals surface area contributed by atoms with Crippen molar-refractivity contribution in [3.63, 3.8) is 0 Å². The van der Waals surface area contributed by atoms with E-state index in [-0.39, 0.29) is 30.0 Å². The number of hydrogen-bond donors (Lipinski definition) is 2. The molecule has 1 atom stereocenters. The number of primary amides is 1. The number of carbonyl (C=O) groups is 2. The van der Waals surface area contributed by atoms with Gasteiger partial charge in [0.2, 0.25) is 11.8 Å². The lowest BCUT2D eigenvalue weighted by atomic mass is 10.1. The predicted octanol–water partition coefficient (Wildman–Crippen LogP) is -0.981. The van der Waals surface area contributed by atoms with E-state index in [0.29, 0.717) is 26.2 Å². The fourth-order valence-corrected chi connectivity index (χ4v) is 2.37. The Balaban J connectivity index is 2.38. The van der Waals surface area contributed by atoms with E-state index in [0.717, 1.165) is 6.54 Å². The molecule has 1 rings (SSSR count). The van der Waals surface area contributed by atoms with Gasteiger partial charge in [0.05, 0.1) is 25.8 Å². The summed E-state index contributed by atoms with van der Waals surface area (Å²) in [5.74, 6) is -0.330. The largest absolute Gasteiger partial charge is 0.374 e. The van der Waals surface area contributed by atoms with Gasteiger partial charge in [-0.3, -0.25) is 19.4 Å². The Hall–Kier alpha value is -1.18. The van der Waals surface area contributed by atoms with Gasteiger partial charge in [0.15, 0.2) is 0 Å². The second-order valence-electron chi connectivity index (χ2n) is 6.69. The molecule has 1 fully saturated rings. The van der Waals surface area contributed by atoms with Crippen LogP contribution in [0.2, 0.25) is 0 Å². The van der Waals surface area contributed by atoms with Crippen molar-refractivity contribution in [2.75, 3.05) is 46.4 Å². The number of nitrogens with zero attached hydrogens (tertiary/aromatic N) is 2. The average molecular weight is 300 g/mol. The molecule has 1 aliphatic rings. The third-order valence-corrected chi connectivity index (χ3v) is 3.05. The molecule has 1 saturated heterocycles. The van der Waals surface area contributed by atoms with Crippen molar-refractivity contribution in [1.82, 2.24) is 15.1 Å². The minimum atomic E-state index is -0.352. The smallest absolute Gasteiger partial charge is 0.234 e. The van der Waals surface area contributed by atoms with Crippen molar-refractivity contribution in [2.24, 2.45) is 5.73 Å². The van der Waals surface area contributed by atoms with Crippen molar-refractivity contribution in [1.29, 1.82) is 0 Å². The maximum absolute atomic E-state index is 11.9. The minimum Gasteiger partial charge on any atom is -0.374 e. The quantitative estimate of drug-likeness (QED) is 0.658. The molecule has 0 bridgehead atoms. The Morgan fingerprint density at radius 1 is 1.43 bits per heavy atom. The van der Waals surface area contributed by atoms with Crippen molar-refractivity contribution < 1.29 is 14.3 Å². The molecule has 0 saturated carbocycles. The molecule has 0 spiro atoms. The molecule has 122 valence electrons. The Kier molecular flexibility index (Phi) is 6.57. The summed E-state index contributed by atoms with van der Waals surface area (Å²) >= 11 is 0. The van der Waals surface area contributed by atoms with Gasteiger partial charge in [0.1, 0.15) is 0 Å². The third-order valence-electron chi connectivity index (χ3n) is 3.05. The van der Waals surface area contributed by atoms with E-state index in [9.17, 15) is 9.59 Å². The first kappa shape index (κ1) is 17.9. The molecule has 0 aromatic carbocycles. The van der Waals surface area contributed by atoms with Gasteiger partial charge in [0.25, 0.3) is 0 Å². The molecule has 0 aromatic rings. The predicted molar refractivity (Wildman–Crippen MR) is 80.8 cm³/mol. The number of nitrogens with two attached hydrogens (primary N) is 1. The van der Waals surface area contributed by atoms with Crippen molar-refractivity contribution >= 4 is 11.8 Å². The van der Waals surface area contributed by atoms with Crippen LogP contribution in [-0.4, -0.2) is 79.6 Å². The van der Waals surface area contributed by atoms with Gasteiger partial charge in [-0.05, 0) is 27.8 Å². The van der Waals surface area contributed by atoms with E-state index < -0.39 is 0 Å². The lowest BCUT2D eigenvalue weighted by molar-refractivity contribution is -0.125. The summed E-state index contributed by atoms with van der Waals surface area (Å²) in [5, 5.41) is 2.96. The van der Waals surface area contributed by atoms with Crippen LogP contribution in [-0.2, 0) is 14.3 Å². The van der Waals surface area contributed by atoms with Crippen molar-refractivity contribution in [2.45, 2.75) is 32.4 Å². The van der Waals surface area contributed by atoms with E-state index in [1.165, 1.54) is 0 Å². The van der Waals surface area contributed by atoms with E-state index in [2.05, 4.69) is 10.2 Å². The molecular weight excluding hydrogens is 272 g/mol. The van der Waals surface area contributed by atoms with Crippen LogP contribution in [0.15, 0.2) is 0 Å². The first-order chi connectivity index (χ1) is 9.65. The van der Waals surface area contributed by atoms with Crippen LogP contribution < -0.4 is 11.1 Å². The summed E-state index contributed by atoms with van der Waals surface area (Å²) in [4.78, 5) is 26.7. The summed E-state index contributed by atoms with van der Waals surface area (Å²) in [6.07, 6.45) is -0.00876. The van der Waals surface area contributed by atoms with Gasteiger partial charge in [-0.15, -0.1) is 0 Å². The highest BCUT2D eigenvalue weighted by Crippen LogP contribution is 2.07. The molecule has 3 N–H and O–H groups in total. The molecule has 2 amide bonds. The molecule has 0 aliphatic carbocycles. The number of hydrogen-bond acceptors (Lipinski definition) is 5. The maximum atomic E-state index is 11.9. The number of morpholine rings is 1. The van der Waals surface area contributed by atoms with Crippen molar-refractivity contribution in [3.8, 4) is 0 Å². The van der Waals surface area contributed by atoms with E-state index in [1.807, 2.05) is 32.7 Å². The Bertz CT molecular complexity index is 368. The highest BCUT2D eigenvalue weighted by molar-refractivity contribution is 5.78. The van der Waals surface area contributed by atoms with Gasteiger partial charge in [-0.25, -0.2) is 0 Å². The highest BCUT2D eigenvalue weighted by atomic mass is 16.5. The third kappa shape index (κ3) is 7.99. The fraction of sp³-hybridized carbons (Fsp3) is 0.857. The van der Waals surface area contributed by atoms with Crippen LogP contribution in [0.5, 0.6) is 0 Å². The summed E-state index contributed by atoms with van der Waals surface area (Å²) in [6.45, 7) is 9.12. The second kappa shape index (κ2) is 7.72. The standard InChI is InChI=1S/C14H28N4O3/c1-14(2,3)16-13(20)10-18-5-6-21-11(8-18)7-17(4)9-12(15)19/h11H,5-10H2,1-4H3,(H2,15,19)(H,16,20)/t11-/m1/s1. The molecule has 7 heteroatoms. The fourth-order valence-electron chi connectivity index (χ4n) is 2.37. The zero-order valence-corrected chi connectivity index (χ0v) is 13.5. The molecule has 7 nitrogen and oxygen atoms in total. The number of amides is 2. The van der Waals surface area contributed by atoms with Gasteiger partial charge < -0.3 is 15.8 Å². The number of ether oxygens (including phenoxy) is 1. The zero-order valence-electron chi connectivity index (χ0n) is 13.5. The maximum Gasteiger partial charge on any atom is 0.234 e. The summed E-state index contributed by atoms with van der Waals surface area (Å²) in [7, 11) is 1.83. The molecular formula is C14H28N4O3. The normalized spacial score (nSPS) is 20.5. The zero-order chi connectivity index (χ0) is 16.0. The molecule has 1 aliphatic heterocycles. The Morgan fingerprint density at radius 3 is 2.67 bits per heavy atom. The number of nitrogens with one attached hydrogen (secondary N) is 1. The van der Waals surface area contributed by atoms with Gasteiger partial charge in [-0.2, -0.15) is 0 Å². The van der Waals surface area contributed by atoms with Gasteiger partial charge in [0, 0.05) is 25.2 Å². The van der Waals surface area contributed by atoms with Gasteiger partial charge in [-0.1, -0.05) is 0 Å². The monoisotopic (exact) mass is 300 g/mol. The number of rotatable bonds is 6. The SMILES string of the molecule is CN(CC(N)=O)C[C@@H]1CN(CC(=O)NC(C)(C)C)CCO1. The van der Waals surface area contributed by atoms with E-state index in [4.69, 9.17) is 10.5 Å². The minimum absolute atomic E-state index is 0.00876. The molecule has 0 radical (unpaired) electrons. The number of carbonyl (C=O) groups excluding carboxylic acids is 2. The van der Waals surface area contributed by atoms with Crippen LogP contribution in [0.25, 0.3) is 0 Å². The lowest BCUT2D eigenvalue weighted by Gasteiger charge is -2.34. The lowest BCUT2D eigenvalue weighted by Crippen LogP contribution is -2.52. The van der Waals surface area contributed by atoms with E-state index in [1.54, 1.807) is 0 Å². The summed E-state index contributed by atoms with van der Waals surface area (Å²) in [6, 6.07) is 0. The molecule has 21 heavy (non-hydrogen) atoms. The molecule has 1 heterocycles. The van der Waals surface area contributed by atoms with Crippen LogP contribution >= 0.6 is 0 Å². The van der Waals surface area contributed by atoms with Crippen molar-refractivity contribution in [3.05, 3.63) is 0 Å². The van der Waals surface area contributed by atoms with Gasteiger partial charge >= 0.3 is 0 Å². The average Bonchev–Trinajstić information content (AvgIpc) is 2.24. The molecule has 0 unspecified atom stereocenters. The van der Waals surface area contributed by atoms with E-state index >= 15 is 0 Å². The topological polar surface area (TPSA) is 87.9 Å². The van der Waals surface area contributed by atoms with Crippen LogP contribution in [0.4, 0.5) is 0 Å². The molecule has 0 aromatic heterocycles. The Labute approximate surface area is 126 Å². The van der Waals surface area contributed by atoms with Crippen LogP contribution in [0.1, 0.15) is 20.8 Å². The first-order valence-corrected chi connectivity index (χ1v) is 7.27. The summed E-state index contributed by atoms with van der Waals surface area (Å²) < 4.78 is 5.68.